The van der Waals surface area contributed by atoms with Gasteiger partial charge in [-0.3, -0.25) is 0 Å². The quantitative estimate of drug-likeness (QED) is 0.157. The van der Waals surface area contributed by atoms with Crippen molar-refractivity contribution < 1.29 is 0 Å². The predicted octanol–water partition coefficient (Wildman–Crippen LogP) is 14.8. The van der Waals surface area contributed by atoms with Gasteiger partial charge < -0.3 is 14.0 Å². The summed E-state index contributed by atoms with van der Waals surface area (Å²) in [5.41, 5.74) is 27.5. The third-order valence-corrected chi connectivity index (χ3v) is 19.8. The zero-order valence-corrected chi connectivity index (χ0v) is 43.6. The SMILES string of the molecule is CC1(C)c2cc(-n3c4c(c5ccccc53)CCCC4)ccc2B2c3ccc(-n4c5c(c6ccccc64)CCCC5)cc3C(c3ccccc3)(c3ccccc3)c3cc(N4c5ccccc5C5CCCCCC54)cc1c32. The maximum atomic E-state index is 2.85. The van der Waals surface area contributed by atoms with E-state index >= 15 is 0 Å². The van der Waals surface area contributed by atoms with Gasteiger partial charge in [0, 0.05) is 62.3 Å². The van der Waals surface area contributed by atoms with Crippen molar-refractivity contribution in [2.24, 2.45) is 0 Å². The summed E-state index contributed by atoms with van der Waals surface area (Å²) in [4.78, 5) is 2.85. The fourth-order valence-electron chi connectivity index (χ4n) is 16.7. The minimum absolute atomic E-state index is 0.0351. The highest BCUT2D eigenvalue weighted by atomic mass is 15.2. The lowest BCUT2D eigenvalue weighted by Gasteiger charge is -2.50. The Bertz CT molecular complexity index is 3910. The van der Waals surface area contributed by atoms with Gasteiger partial charge >= 0.3 is 0 Å². The molecule has 0 spiro atoms. The summed E-state index contributed by atoms with van der Waals surface area (Å²) in [6.07, 6.45) is 15.9. The molecule has 10 aromatic rings. The van der Waals surface area contributed by atoms with Crippen LogP contribution in [-0.2, 0) is 36.5 Å². The molecule has 366 valence electrons. The molecule has 3 aliphatic heterocycles. The predicted molar refractivity (Wildman–Crippen MR) is 313 cm³/mol. The van der Waals surface area contributed by atoms with E-state index in [1.807, 2.05) is 0 Å². The number of benzene rings is 8. The lowest BCUT2D eigenvalue weighted by atomic mass is 9.26. The van der Waals surface area contributed by atoms with Crippen molar-refractivity contribution in [1.29, 1.82) is 0 Å². The van der Waals surface area contributed by atoms with Gasteiger partial charge in [-0.15, -0.1) is 0 Å². The zero-order chi connectivity index (χ0) is 49.6. The van der Waals surface area contributed by atoms with Gasteiger partial charge in [-0.2, -0.15) is 0 Å². The van der Waals surface area contributed by atoms with Gasteiger partial charge in [0.05, 0.1) is 16.4 Å². The van der Waals surface area contributed by atoms with Crippen molar-refractivity contribution in [2.45, 2.75) is 120 Å². The Kier molecular flexibility index (Phi) is 9.75. The largest absolute Gasteiger partial charge is 0.337 e. The maximum Gasteiger partial charge on any atom is 0.242 e. The molecule has 2 atom stereocenters. The number of nitrogens with zero attached hydrogens (tertiary/aromatic N) is 3. The summed E-state index contributed by atoms with van der Waals surface area (Å²) in [5.74, 6) is 0.529. The minimum Gasteiger partial charge on any atom is -0.337 e. The van der Waals surface area contributed by atoms with Gasteiger partial charge in [0.15, 0.2) is 0 Å². The van der Waals surface area contributed by atoms with Gasteiger partial charge in [0.1, 0.15) is 0 Å². The molecule has 0 radical (unpaired) electrons. The first-order valence-electron chi connectivity index (χ1n) is 28.7. The van der Waals surface area contributed by atoms with E-state index in [4.69, 9.17) is 0 Å². The van der Waals surface area contributed by atoms with Crippen LogP contribution in [0.2, 0.25) is 0 Å². The van der Waals surface area contributed by atoms with Gasteiger partial charge in [-0.05, 0) is 169 Å². The summed E-state index contributed by atoms with van der Waals surface area (Å²) in [5, 5.41) is 2.85. The number of para-hydroxylation sites is 3. The van der Waals surface area contributed by atoms with E-state index in [-0.39, 0.29) is 12.1 Å². The second kappa shape index (κ2) is 16.6. The second-order valence-electron chi connectivity index (χ2n) is 23.7. The van der Waals surface area contributed by atoms with Crippen molar-refractivity contribution in [1.82, 2.24) is 9.13 Å². The van der Waals surface area contributed by atoms with Crippen LogP contribution in [0.3, 0.4) is 0 Å². The standard InChI is InChI=1S/C71H64BN3/c1-70(2)57-42-48(73-63-33-17-12-27-52(63)53-28-13-18-34-64(53)73)38-40-61(57)72-62-41-39-49(74-65-35-19-14-29-54(65)55-30-15-20-36-66(55)74)43-58(62)71(46-22-6-3-7-23-46,47-24-8-4-9-25-47)60-45-50(44-59(70)69(60)72)75-67-32-11-5-10-26-51(67)56-31-16-21-37-68(56)75/h3-4,6-9,12,14,16-17,19,21-25,27,29,31,33,35,37-45,51,67H,5,10-11,13,15,18,20,26,28,30,32,34,36H2,1-2H3. The van der Waals surface area contributed by atoms with Crippen molar-refractivity contribution in [3.63, 3.8) is 0 Å². The fourth-order valence-corrected chi connectivity index (χ4v) is 16.7. The second-order valence-corrected chi connectivity index (χ2v) is 23.7. The van der Waals surface area contributed by atoms with Gasteiger partial charge in [0.25, 0.3) is 0 Å². The average molecular weight is 970 g/mol. The van der Waals surface area contributed by atoms with E-state index in [2.05, 4.69) is 210 Å². The Morgan fingerprint density at radius 2 is 0.960 bits per heavy atom. The van der Waals surface area contributed by atoms with Crippen LogP contribution in [0.15, 0.2) is 182 Å². The van der Waals surface area contributed by atoms with Gasteiger partial charge in [-0.1, -0.05) is 177 Å². The molecule has 1 saturated carbocycles. The Morgan fingerprint density at radius 3 is 1.61 bits per heavy atom. The lowest BCUT2D eigenvalue weighted by molar-refractivity contribution is 0.528. The van der Waals surface area contributed by atoms with E-state index in [1.165, 1.54) is 163 Å². The van der Waals surface area contributed by atoms with E-state index in [1.54, 1.807) is 16.7 Å². The molecule has 3 nitrogen and oxygen atoms in total. The topological polar surface area (TPSA) is 13.1 Å². The van der Waals surface area contributed by atoms with E-state index in [9.17, 15) is 0 Å². The molecular formula is C71H64BN3. The van der Waals surface area contributed by atoms with Gasteiger partial charge in [0.2, 0.25) is 6.71 Å². The monoisotopic (exact) mass is 970 g/mol. The minimum atomic E-state index is -0.633. The van der Waals surface area contributed by atoms with E-state index < -0.39 is 5.41 Å². The molecule has 3 aliphatic carbocycles. The number of anilines is 2. The molecule has 0 N–H and O–H groups in total. The average Bonchev–Trinajstić information content (AvgIpc) is 4.09. The van der Waals surface area contributed by atoms with Crippen LogP contribution in [0.1, 0.15) is 139 Å². The molecule has 2 unspecified atom stereocenters. The molecular weight excluding hydrogens is 906 g/mol. The lowest BCUT2D eigenvalue weighted by Crippen LogP contribution is -2.67. The molecule has 0 amide bonds. The molecule has 5 heterocycles. The molecule has 0 bridgehead atoms. The molecule has 2 aromatic heterocycles. The Hall–Kier alpha value is -7.30. The summed E-state index contributed by atoms with van der Waals surface area (Å²) in [7, 11) is 0. The van der Waals surface area contributed by atoms with Gasteiger partial charge in [-0.25, -0.2) is 0 Å². The van der Waals surface area contributed by atoms with Crippen molar-refractivity contribution in [3.8, 4) is 11.4 Å². The number of aryl methyl sites for hydroxylation is 2. The van der Waals surface area contributed by atoms with Crippen LogP contribution in [0.5, 0.6) is 0 Å². The van der Waals surface area contributed by atoms with Crippen LogP contribution in [0.25, 0.3) is 33.2 Å². The molecule has 6 aliphatic rings. The van der Waals surface area contributed by atoms with Crippen LogP contribution >= 0.6 is 0 Å². The number of aromatic nitrogens is 2. The van der Waals surface area contributed by atoms with E-state index in [0.717, 1.165) is 25.7 Å². The first-order valence-corrected chi connectivity index (χ1v) is 28.7. The number of hydrogen-bond acceptors (Lipinski definition) is 1. The Balaban J connectivity index is 1.03. The van der Waals surface area contributed by atoms with Crippen molar-refractivity contribution >= 4 is 56.3 Å². The highest BCUT2D eigenvalue weighted by Gasteiger charge is 2.54. The zero-order valence-electron chi connectivity index (χ0n) is 43.6. The molecule has 1 fully saturated rings. The summed E-state index contributed by atoms with van der Waals surface area (Å²) < 4.78 is 5.33. The van der Waals surface area contributed by atoms with Crippen LogP contribution in [-0.4, -0.2) is 21.9 Å². The third kappa shape index (κ3) is 6.12. The fraction of sp³-hybridized carbons (Fsp3) is 0.268. The highest BCUT2D eigenvalue weighted by Crippen LogP contribution is 2.55. The van der Waals surface area contributed by atoms with E-state index in [0.29, 0.717) is 12.0 Å². The van der Waals surface area contributed by atoms with Crippen molar-refractivity contribution in [2.75, 3.05) is 4.90 Å². The first-order chi connectivity index (χ1) is 37.0. The first kappa shape index (κ1) is 44.0. The van der Waals surface area contributed by atoms with Crippen LogP contribution < -0.4 is 21.3 Å². The number of fused-ring (bicyclic) bond motifs is 13. The number of hydrogen-bond donors (Lipinski definition) is 0. The van der Waals surface area contributed by atoms with Crippen molar-refractivity contribution in [3.05, 3.63) is 243 Å². The highest BCUT2D eigenvalue weighted by molar-refractivity contribution is 6.97. The number of rotatable bonds is 5. The van der Waals surface area contributed by atoms with Crippen LogP contribution in [0, 0.1) is 0 Å². The molecule has 4 heteroatoms. The smallest absolute Gasteiger partial charge is 0.242 e. The normalized spacial score (nSPS) is 19.6. The molecule has 0 saturated heterocycles. The maximum absolute atomic E-state index is 2.85. The van der Waals surface area contributed by atoms with Crippen LogP contribution in [0.4, 0.5) is 11.4 Å². The molecule has 16 rings (SSSR count). The summed E-state index contributed by atoms with van der Waals surface area (Å²) in [6.45, 7) is 5.16. The third-order valence-electron chi connectivity index (χ3n) is 19.8. The Morgan fingerprint density at radius 1 is 0.440 bits per heavy atom. The molecule has 75 heavy (non-hydrogen) atoms. The summed E-state index contributed by atoms with van der Waals surface area (Å²) in [6, 6.07) is 72.6. The molecule has 8 aromatic carbocycles. The summed E-state index contributed by atoms with van der Waals surface area (Å²) >= 11 is 0. The Labute approximate surface area is 443 Å².